The van der Waals surface area contributed by atoms with Crippen LogP contribution >= 0.6 is 24.0 Å². The van der Waals surface area contributed by atoms with Gasteiger partial charge >= 0.3 is 6.18 Å². The van der Waals surface area contributed by atoms with Crippen molar-refractivity contribution in [1.82, 2.24) is 10.6 Å². The van der Waals surface area contributed by atoms with Crippen LogP contribution in [0.15, 0.2) is 29.3 Å². The number of hydrogen-bond donors (Lipinski definition) is 2. The maximum Gasteiger partial charge on any atom is 0.411 e. The highest BCUT2D eigenvalue weighted by Crippen LogP contribution is 2.34. The van der Waals surface area contributed by atoms with Crippen molar-refractivity contribution in [3.05, 3.63) is 35.4 Å². The van der Waals surface area contributed by atoms with Gasteiger partial charge in [0.2, 0.25) is 0 Å². The molecule has 2 N–H and O–H groups in total. The van der Waals surface area contributed by atoms with Gasteiger partial charge in [0.1, 0.15) is 6.61 Å². The number of aliphatic imine (C=N–C) groups is 1. The predicted molar refractivity (Wildman–Crippen MR) is 112 cm³/mol. The van der Waals surface area contributed by atoms with Gasteiger partial charge in [-0.05, 0) is 37.3 Å². The molecule has 2 heterocycles. The van der Waals surface area contributed by atoms with Gasteiger partial charge in [0.15, 0.2) is 5.96 Å². The highest BCUT2D eigenvalue weighted by atomic mass is 127. The molecule has 28 heavy (non-hydrogen) atoms. The molecule has 3 rings (SSSR count). The van der Waals surface area contributed by atoms with Crippen LogP contribution in [0.2, 0.25) is 0 Å². The molecule has 0 radical (unpaired) electrons. The van der Waals surface area contributed by atoms with Gasteiger partial charge in [0.25, 0.3) is 0 Å². The molecule has 0 saturated carbocycles. The van der Waals surface area contributed by atoms with Crippen LogP contribution in [-0.2, 0) is 22.6 Å². The van der Waals surface area contributed by atoms with Gasteiger partial charge in [-0.3, -0.25) is 0 Å². The van der Waals surface area contributed by atoms with Gasteiger partial charge in [-0.25, -0.2) is 4.99 Å². The van der Waals surface area contributed by atoms with Crippen LogP contribution in [0.5, 0.6) is 0 Å². The summed E-state index contributed by atoms with van der Waals surface area (Å²) in [6.07, 6.45) is -0.461. The Kier molecular flexibility index (Phi) is 8.81. The average molecular weight is 513 g/mol. The zero-order valence-electron chi connectivity index (χ0n) is 15.8. The van der Waals surface area contributed by atoms with Crippen molar-refractivity contribution in [3.8, 4) is 0 Å². The normalized spacial score (nSPS) is 24.1. The summed E-state index contributed by atoms with van der Waals surface area (Å²) in [5.41, 5.74) is 1.62. The van der Waals surface area contributed by atoms with E-state index >= 15 is 0 Å². The molecule has 1 aromatic rings. The number of alkyl halides is 3. The minimum Gasteiger partial charge on any atom is -0.373 e. The molecular formula is C19H27F3IN3O2. The third-order valence-corrected chi connectivity index (χ3v) is 4.72. The molecule has 3 unspecified atom stereocenters. The number of nitrogens with zero attached hydrogens (tertiary/aromatic N) is 1. The van der Waals surface area contributed by atoms with Crippen LogP contribution in [0, 0.1) is 0 Å². The van der Waals surface area contributed by atoms with Gasteiger partial charge in [-0.15, -0.1) is 24.0 Å². The van der Waals surface area contributed by atoms with Crippen molar-refractivity contribution in [2.75, 3.05) is 13.2 Å². The molecule has 0 aliphatic carbocycles. The van der Waals surface area contributed by atoms with Crippen LogP contribution in [0.25, 0.3) is 0 Å². The van der Waals surface area contributed by atoms with Gasteiger partial charge in [-0.2, -0.15) is 13.2 Å². The molecule has 2 bridgehead atoms. The lowest BCUT2D eigenvalue weighted by atomic mass is 9.96. The van der Waals surface area contributed by atoms with E-state index in [1.165, 1.54) is 0 Å². The SMILES string of the molecule is CCNC(=NCc1cccc(COCC(F)(F)F)c1)NC1CC2CCC1O2.I. The van der Waals surface area contributed by atoms with Crippen LogP contribution in [0.3, 0.4) is 0 Å². The monoisotopic (exact) mass is 513 g/mol. The summed E-state index contributed by atoms with van der Waals surface area (Å²) in [7, 11) is 0. The molecule has 9 heteroatoms. The van der Waals surface area contributed by atoms with Crippen LogP contribution < -0.4 is 10.6 Å². The first-order valence-corrected chi connectivity index (χ1v) is 9.35. The maximum absolute atomic E-state index is 12.2. The van der Waals surface area contributed by atoms with E-state index in [0.717, 1.165) is 37.3 Å². The number of hydrogen-bond acceptors (Lipinski definition) is 3. The van der Waals surface area contributed by atoms with E-state index in [1.807, 2.05) is 19.1 Å². The lowest BCUT2D eigenvalue weighted by Crippen LogP contribution is -2.47. The second-order valence-electron chi connectivity index (χ2n) is 6.98. The topological polar surface area (TPSA) is 54.9 Å². The smallest absolute Gasteiger partial charge is 0.373 e. The highest BCUT2D eigenvalue weighted by molar-refractivity contribution is 14.0. The number of guanidine groups is 1. The first-order valence-electron chi connectivity index (χ1n) is 9.35. The first-order chi connectivity index (χ1) is 12.9. The maximum atomic E-state index is 12.2. The van der Waals surface area contributed by atoms with Crippen molar-refractivity contribution in [2.45, 2.75) is 63.8 Å². The molecule has 1 aromatic carbocycles. The molecule has 0 spiro atoms. The van der Waals surface area contributed by atoms with E-state index in [0.29, 0.717) is 18.2 Å². The molecule has 5 nitrogen and oxygen atoms in total. The standard InChI is InChI=1S/C19H26F3N3O2.HI/c1-2-23-18(25-16-9-15-6-7-17(16)27-15)24-10-13-4-3-5-14(8-13)11-26-12-19(20,21)22;/h3-5,8,15-17H,2,6-7,9-12H2,1H3,(H2,23,24,25);1H. The zero-order valence-corrected chi connectivity index (χ0v) is 18.1. The lowest BCUT2D eigenvalue weighted by Gasteiger charge is -2.22. The third kappa shape index (κ3) is 7.07. The molecule has 2 aliphatic rings. The molecule has 2 saturated heterocycles. The van der Waals surface area contributed by atoms with E-state index in [4.69, 9.17) is 9.47 Å². The molecule has 158 valence electrons. The summed E-state index contributed by atoms with van der Waals surface area (Å²) < 4.78 is 47.1. The molecule has 2 fully saturated rings. The Balaban J connectivity index is 0.00000280. The van der Waals surface area contributed by atoms with Crippen molar-refractivity contribution in [2.24, 2.45) is 4.99 Å². The Morgan fingerprint density at radius 1 is 1.29 bits per heavy atom. The second-order valence-corrected chi connectivity index (χ2v) is 6.98. The third-order valence-electron chi connectivity index (χ3n) is 4.72. The van der Waals surface area contributed by atoms with Crippen molar-refractivity contribution in [3.63, 3.8) is 0 Å². The van der Waals surface area contributed by atoms with Gasteiger partial charge < -0.3 is 20.1 Å². The van der Waals surface area contributed by atoms with E-state index in [-0.39, 0.29) is 42.7 Å². The first kappa shape index (κ1) is 23.2. The van der Waals surface area contributed by atoms with Crippen molar-refractivity contribution >= 4 is 29.9 Å². The van der Waals surface area contributed by atoms with E-state index in [2.05, 4.69) is 15.6 Å². The Morgan fingerprint density at radius 2 is 2.07 bits per heavy atom. The molecule has 3 atom stereocenters. The Labute approximate surface area is 180 Å². The second kappa shape index (κ2) is 10.6. The molecule has 0 amide bonds. The van der Waals surface area contributed by atoms with Crippen molar-refractivity contribution in [1.29, 1.82) is 0 Å². The summed E-state index contributed by atoms with van der Waals surface area (Å²) in [6, 6.07) is 7.56. The molecule has 2 aliphatic heterocycles. The Bertz CT molecular complexity index is 658. The summed E-state index contributed by atoms with van der Waals surface area (Å²) in [6.45, 7) is 1.88. The fraction of sp³-hybridized carbons (Fsp3) is 0.632. The Hall–Kier alpha value is -1.07. The number of fused-ring (bicyclic) bond motifs is 2. The highest BCUT2D eigenvalue weighted by Gasteiger charge is 2.41. The number of ether oxygens (including phenoxy) is 2. The summed E-state index contributed by atoms with van der Waals surface area (Å²) in [5, 5.41) is 6.69. The number of nitrogens with one attached hydrogen (secondary N) is 2. The fourth-order valence-electron chi connectivity index (χ4n) is 3.56. The minimum atomic E-state index is -4.31. The van der Waals surface area contributed by atoms with Gasteiger partial charge in [-0.1, -0.05) is 24.3 Å². The minimum absolute atomic E-state index is 0. The quantitative estimate of drug-likeness (QED) is 0.332. The Morgan fingerprint density at radius 3 is 2.71 bits per heavy atom. The summed E-state index contributed by atoms with van der Waals surface area (Å²) >= 11 is 0. The van der Waals surface area contributed by atoms with Crippen LogP contribution in [0.1, 0.15) is 37.3 Å². The molecular weight excluding hydrogens is 486 g/mol. The van der Waals surface area contributed by atoms with E-state index in [9.17, 15) is 13.2 Å². The van der Waals surface area contributed by atoms with Crippen LogP contribution in [0.4, 0.5) is 13.2 Å². The largest absolute Gasteiger partial charge is 0.411 e. The van der Waals surface area contributed by atoms with Gasteiger partial charge in [0, 0.05) is 6.54 Å². The predicted octanol–water partition coefficient (Wildman–Crippen LogP) is 3.76. The van der Waals surface area contributed by atoms with Crippen molar-refractivity contribution < 1.29 is 22.6 Å². The van der Waals surface area contributed by atoms with Crippen LogP contribution in [-0.4, -0.2) is 43.5 Å². The zero-order chi connectivity index (χ0) is 19.3. The van der Waals surface area contributed by atoms with E-state index < -0.39 is 12.8 Å². The van der Waals surface area contributed by atoms with E-state index in [1.54, 1.807) is 12.1 Å². The van der Waals surface area contributed by atoms with Gasteiger partial charge in [0.05, 0.1) is 31.4 Å². The fourth-order valence-corrected chi connectivity index (χ4v) is 3.56. The summed E-state index contributed by atoms with van der Waals surface area (Å²) in [4.78, 5) is 4.61. The summed E-state index contributed by atoms with van der Waals surface area (Å²) in [5.74, 6) is 0.734. The number of benzene rings is 1. The number of rotatable bonds is 7. The lowest BCUT2D eigenvalue weighted by molar-refractivity contribution is -0.176. The molecule has 0 aromatic heterocycles. The number of halogens is 4. The average Bonchev–Trinajstić information content (AvgIpc) is 3.22.